The fraction of sp³-hybridized carbons (Fsp3) is 0.750. The van der Waals surface area contributed by atoms with Crippen LogP contribution in [-0.4, -0.2) is 70.7 Å². The van der Waals surface area contributed by atoms with Crippen LogP contribution in [0.4, 0.5) is 0 Å². The van der Waals surface area contributed by atoms with Crippen LogP contribution in [0.1, 0.15) is 27.7 Å². The second-order valence-electron chi connectivity index (χ2n) is 5.61. The average Bonchev–Trinajstić information content (AvgIpc) is 2.66. The van der Waals surface area contributed by atoms with Gasteiger partial charge in [-0.1, -0.05) is 27.7 Å². The van der Waals surface area contributed by atoms with Crippen LogP contribution in [0.15, 0.2) is 0 Å². The molecule has 0 saturated carbocycles. The number of rotatable bonds is 8. The summed E-state index contributed by atoms with van der Waals surface area (Å²) in [4.78, 5) is 38.6. The molecule has 0 aliphatic heterocycles. The Morgan fingerprint density at radius 1 is 0.517 bits per heavy atom. The van der Waals surface area contributed by atoms with Crippen LogP contribution in [0.3, 0.4) is 0 Å². The van der Waals surface area contributed by atoms with Crippen LogP contribution in [-0.2, 0) is 40.9 Å². The number of carbonyl (C=O) groups is 4. The van der Waals surface area contributed by atoms with Crippen LogP contribution in [0.5, 0.6) is 0 Å². The number of carboxylic acid groups (broad SMARTS) is 4. The van der Waals surface area contributed by atoms with E-state index < -0.39 is 47.5 Å². The van der Waals surface area contributed by atoms with Gasteiger partial charge in [0.15, 0.2) is 0 Å². The second kappa shape index (κ2) is 24.5. The van der Waals surface area contributed by atoms with E-state index >= 15 is 0 Å². The molecule has 0 aliphatic carbocycles. The van der Waals surface area contributed by atoms with Gasteiger partial charge in [0.1, 0.15) is 0 Å². The smallest absolute Gasteiger partial charge is 0.550 e. The molecule has 0 saturated heterocycles. The SMILES string of the molecule is CC(CO)C(=O)[O-].CC(CO)C(=O)[O-].CC(CO)C(=O)[O-].CC(CO)C(=O)[O-].[Ti+4]. The maximum Gasteiger partial charge on any atom is 4.00 e. The third-order valence-corrected chi connectivity index (χ3v) is 2.70. The molecule has 0 aliphatic rings. The maximum absolute atomic E-state index is 9.66. The number of aliphatic carboxylic acids is 4. The Balaban J connectivity index is -0.0000000873. The molecule has 4 N–H and O–H groups in total. The van der Waals surface area contributed by atoms with Crippen molar-refractivity contribution in [3.63, 3.8) is 0 Å². The monoisotopic (exact) mass is 460 g/mol. The van der Waals surface area contributed by atoms with E-state index in [-0.39, 0.29) is 48.1 Å². The van der Waals surface area contributed by atoms with Gasteiger partial charge in [0.05, 0.1) is 26.4 Å². The van der Waals surface area contributed by atoms with E-state index in [1.165, 1.54) is 27.7 Å². The van der Waals surface area contributed by atoms with Crippen molar-refractivity contribution in [2.24, 2.45) is 23.7 Å². The Morgan fingerprint density at radius 3 is 0.621 bits per heavy atom. The first-order valence-electron chi connectivity index (χ1n) is 7.99. The predicted molar refractivity (Wildman–Crippen MR) is 85.0 cm³/mol. The molecule has 0 amide bonds. The van der Waals surface area contributed by atoms with Crippen molar-refractivity contribution in [2.45, 2.75) is 27.7 Å². The second-order valence-corrected chi connectivity index (χ2v) is 5.61. The van der Waals surface area contributed by atoms with Gasteiger partial charge in [-0.15, -0.1) is 0 Å². The molecule has 29 heavy (non-hydrogen) atoms. The molecule has 0 radical (unpaired) electrons. The summed E-state index contributed by atoms with van der Waals surface area (Å²) in [7, 11) is 0. The Kier molecular flexibility index (Phi) is 32.1. The van der Waals surface area contributed by atoms with Crippen LogP contribution < -0.4 is 20.4 Å². The molecule has 0 spiro atoms. The molecule has 4 atom stereocenters. The van der Waals surface area contributed by atoms with E-state index in [0.717, 1.165) is 0 Å². The first-order chi connectivity index (χ1) is 12.7. The first-order valence-corrected chi connectivity index (χ1v) is 7.99. The van der Waals surface area contributed by atoms with Gasteiger partial charge in [0.2, 0.25) is 0 Å². The minimum atomic E-state index is -1.21. The molecular formula is C16H28O12Ti. The van der Waals surface area contributed by atoms with E-state index in [2.05, 4.69) is 0 Å². The Labute approximate surface area is 183 Å². The molecule has 0 fully saturated rings. The first kappa shape index (κ1) is 38.1. The number of carbonyl (C=O) groups excluding carboxylic acids is 4. The van der Waals surface area contributed by atoms with Gasteiger partial charge in [-0.2, -0.15) is 0 Å². The number of aliphatic hydroxyl groups excluding tert-OH is 4. The van der Waals surface area contributed by atoms with E-state index in [4.69, 9.17) is 20.4 Å². The van der Waals surface area contributed by atoms with Gasteiger partial charge >= 0.3 is 21.7 Å². The molecule has 0 aromatic carbocycles. The summed E-state index contributed by atoms with van der Waals surface area (Å²) in [6.45, 7) is 4.16. The fourth-order valence-electron chi connectivity index (χ4n) is 0.298. The molecule has 4 unspecified atom stereocenters. The van der Waals surface area contributed by atoms with Crippen molar-refractivity contribution >= 4 is 23.9 Å². The molecule has 13 heteroatoms. The van der Waals surface area contributed by atoms with Gasteiger partial charge in [-0.25, -0.2) is 0 Å². The quantitative estimate of drug-likeness (QED) is 0.247. The van der Waals surface area contributed by atoms with Crippen LogP contribution in [0.2, 0.25) is 0 Å². The minimum Gasteiger partial charge on any atom is -0.550 e. The molecule has 0 aromatic rings. The molecule has 0 aromatic heterocycles. The van der Waals surface area contributed by atoms with Crippen LogP contribution >= 0.6 is 0 Å². The Hall–Kier alpha value is -1.57. The van der Waals surface area contributed by atoms with Crippen molar-refractivity contribution < 1.29 is 81.7 Å². The molecule has 0 rings (SSSR count). The van der Waals surface area contributed by atoms with Crippen molar-refractivity contribution in [1.29, 1.82) is 0 Å². The summed E-state index contributed by atoms with van der Waals surface area (Å²) in [5.41, 5.74) is 0. The minimum absolute atomic E-state index is 0. The molecule has 0 heterocycles. The van der Waals surface area contributed by atoms with Crippen molar-refractivity contribution in [3.05, 3.63) is 0 Å². The molecule has 12 nitrogen and oxygen atoms in total. The molecule has 0 bridgehead atoms. The molecule has 168 valence electrons. The summed E-state index contributed by atoms with van der Waals surface area (Å²) in [6.07, 6.45) is 0. The van der Waals surface area contributed by atoms with Crippen molar-refractivity contribution in [1.82, 2.24) is 0 Å². The zero-order valence-electron chi connectivity index (χ0n) is 16.7. The van der Waals surface area contributed by atoms with Gasteiger partial charge in [-0.05, 0) is 0 Å². The van der Waals surface area contributed by atoms with Crippen molar-refractivity contribution in [2.75, 3.05) is 26.4 Å². The predicted octanol–water partition coefficient (Wildman–Crippen LogP) is -6.54. The van der Waals surface area contributed by atoms with Gasteiger partial charge in [-0.3, -0.25) is 0 Å². The summed E-state index contributed by atoms with van der Waals surface area (Å²) in [6, 6.07) is 0. The third-order valence-electron chi connectivity index (χ3n) is 2.70. The number of hydrogen-bond donors (Lipinski definition) is 4. The number of hydrogen-bond acceptors (Lipinski definition) is 12. The fourth-order valence-corrected chi connectivity index (χ4v) is 0.298. The summed E-state index contributed by atoms with van der Waals surface area (Å²) >= 11 is 0. The topological polar surface area (TPSA) is 241 Å². The Bertz CT molecular complexity index is 364. The largest absolute Gasteiger partial charge is 4.00 e. The van der Waals surface area contributed by atoms with E-state index in [1.807, 2.05) is 0 Å². The van der Waals surface area contributed by atoms with Crippen LogP contribution in [0, 0.1) is 23.7 Å². The average molecular weight is 460 g/mol. The van der Waals surface area contributed by atoms with Gasteiger partial charge < -0.3 is 60.0 Å². The number of aliphatic hydroxyl groups is 4. The molecular weight excluding hydrogens is 432 g/mol. The summed E-state index contributed by atoms with van der Waals surface area (Å²) in [5.74, 6) is -7.77. The van der Waals surface area contributed by atoms with E-state index in [1.54, 1.807) is 0 Å². The van der Waals surface area contributed by atoms with Crippen LogP contribution in [0.25, 0.3) is 0 Å². The zero-order valence-corrected chi connectivity index (χ0v) is 18.3. The van der Waals surface area contributed by atoms with Gasteiger partial charge in [0.25, 0.3) is 0 Å². The summed E-state index contributed by atoms with van der Waals surface area (Å²) in [5, 5.41) is 71.0. The maximum atomic E-state index is 9.66. The number of carboxylic acids is 4. The van der Waals surface area contributed by atoms with E-state index in [0.29, 0.717) is 0 Å². The summed E-state index contributed by atoms with van der Waals surface area (Å²) < 4.78 is 0. The van der Waals surface area contributed by atoms with Gasteiger partial charge in [0, 0.05) is 47.5 Å². The van der Waals surface area contributed by atoms with Crippen molar-refractivity contribution in [3.8, 4) is 0 Å². The van der Waals surface area contributed by atoms with E-state index in [9.17, 15) is 39.6 Å². The standard InChI is InChI=1S/4C4H8O3.Ti/c4*1-3(2-5)4(6)7;/h4*3,5H,2H2,1H3,(H,6,7);/q;;;;+4/p-4. The normalized spacial score (nSPS) is 13.0. The third kappa shape index (κ3) is 31.4. The zero-order chi connectivity index (χ0) is 23.4. The Morgan fingerprint density at radius 2 is 0.621 bits per heavy atom.